The van der Waals surface area contributed by atoms with Crippen LogP contribution in [0.15, 0.2) is 0 Å². The van der Waals surface area contributed by atoms with Crippen LogP contribution in [0.25, 0.3) is 0 Å². The Morgan fingerprint density at radius 2 is 2.31 bits per heavy atom. The highest BCUT2D eigenvalue weighted by atomic mass is 32.1. The average molecular weight is 199 g/mol. The maximum Gasteiger partial charge on any atom is 0.215 e. The lowest BCUT2D eigenvalue weighted by atomic mass is 10.2. The molecule has 0 aromatic carbocycles. The van der Waals surface area contributed by atoms with Crippen molar-refractivity contribution in [3.8, 4) is 5.88 Å². The van der Waals surface area contributed by atoms with E-state index in [9.17, 15) is 0 Å². The molecule has 1 heterocycles. The van der Waals surface area contributed by atoms with Gasteiger partial charge in [-0.3, -0.25) is 0 Å². The topological polar surface area (TPSA) is 53.1 Å². The van der Waals surface area contributed by atoms with Crippen molar-refractivity contribution in [3.63, 3.8) is 0 Å². The van der Waals surface area contributed by atoms with Gasteiger partial charge < -0.3 is 10.5 Å². The van der Waals surface area contributed by atoms with Crippen LogP contribution in [0.5, 0.6) is 5.88 Å². The van der Waals surface area contributed by atoms with Gasteiger partial charge in [0.2, 0.25) is 5.88 Å². The maximum absolute atomic E-state index is 5.47. The number of nitrogens with zero attached hydrogens (tertiary/aromatic N) is 2. The number of aromatic nitrogens is 2. The number of aryl methyl sites for hydroxylation is 2. The monoisotopic (exact) mass is 199 g/mol. The Balaban J connectivity index is 3.09. The van der Waals surface area contributed by atoms with Crippen molar-refractivity contribution in [2.75, 3.05) is 7.11 Å². The van der Waals surface area contributed by atoms with Crippen molar-refractivity contribution in [2.45, 2.75) is 13.3 Å². The van der Waals surface area contributed by atoms with E-state index >= 15 is 0 Å². The first-order chi connectivity index (χ1) is 6.06. The SMILES string of the molecule is COc1c(CC(N)=S)c(C)nn1C. The lowest BCUT2D eigenvalue weighted by Crippen LogP contribution is -2.12. The highest BCUT2D eigenvalue weighted by molar-refractivity contribution is 7.80. The molecule has 0 atom stereocenters. The first-order valence-corrected chi connectivity index (χ1v) is 4.31. The summed E-state index contributed by atoms with van der Waals surface area (Å²) in [6.07, 6.45) is 0.540. The van der Waals surface area contributed by atoms with Gasteiger partial charge >= 0.3 is 0 Å². The van der Waals surface area contributed by atoms with Crippen molar-refractivity contribution < 1.29 is 4.74 Å². The molecule has 13 heavy (non-hydrogen) atoms. The van der Waals surface area contributed by atoms with Gasteiger partial charge in [-0.2, -0.15) is 5.10 Å². The van der Waals surface area contributed by atoms with Gasteiger partial charge in [0.15, 0.2) is 0 Å². The zero-order valence-electron chi connectivity index (χ0n) is 8.00. The molecule has 1 rings (SSSR count). The molecule has 0 amide bonds. The summed E-state index contributed by atoms with van der Waals surface area (Å²) in [5, 5.41) is 4.21. The fourth-order valence-electron chi connectivity index (χ4n) is 1.31. The molecule has 72 valence electrons. The Bertz CT molecular complexity index is 332. The van der Waals surface area contributed by atoms with Crippen molar-refractivity contribution in [1.82, 2.24) is 9.78 Å². The van der Waals surface area contributed by atoms with Gasteiger partial charge in [-0.15, -0.1) is 0 Å². The van der Waals surface area contributed by atoms with Crippen LogP contribution in [-0.4, -0.2) is 21.9 Å². The number of nitrogens with two attached hydrogens (primary N) is 1. The number of methoxy groups -OCH3 is 1. The number of hydrogen-bond acceptors (Lipinski definition) is 3. The molecule has 4 nitrogen and oxygen atoms in total. The van der Waals surface area contributed by atoms with Gasteiger partial charge in [0.05, 0.1) is 17.8 Å². The molecule has 0 spiro atoms. The summed E-state index contributed by atoms with van der Waals surface area (Å²) < 4.78 is 6.87. The van der Waals surface area contributed by atoms with E-state index in [-0.39, 0.29) is 0 Å². The second-order valence-corrected chi connectivity index (χ2v) is 3.36. The third-order valence-corrected chi connectivity index (χ3v) is 1.98. The van der Waals surface area contributed by atoms with Crippen molar-refractivity contribution in [3.05, 3.63) is 11.3 Å². The molecule has 0 unspecified atom stereocenters. The van der Waals surface area contributed by atoms with Gasteiger partial charge in [0.1, 0.15) is 0 Å². The highest BCUT2D eigenvalue weighted by Gasteiger charge is 2.13. The van der Waals surface area contributed by atoms with Crippen LogP contribution < -0.4 is 10.5 Å². The highest BCUT2D eigenvalue weighted by Crippen LogP contribution is 2.21. The predicted molar refractivity (Wildman–Crippen MR) is 55.0 cm³/mol. The average Bonchev–Trinajstić information content (AvgIpc) is 2.26. The van der Waals surface area contributed by atoms with Crippen LogP contribution in [0.3, 0.4) is 0 Å². The molecule has 1 aromatic rings. The minimum Gasteiger partial charge on any atom is -0.481 e. The van der Waals surface area contributed by atoms with E-state index < -0.39 is 0 Å². The quantitative estimate of drug-likeness (QED) is 0.723. The molecular formula is C8H13N3OS. The van der Waals surface area contributed by atoms with Crippen molar-refractivity contribution >= 4 is 17.2 Å². The summed E-state index contributed by atoms with van der Waals surface area (Å²) >= 11 is 4.84. The second-order valence-electron chi connectivity index (χ2n) is 2.84. The minimum atomic E-state index is 0.453. The Labute approximate surface area is 82.7 Å². The largest absolute Gasteiger partial charge is 0.481 e. The van der Waals surface area contributed by atoms with E-state index in [2.05, 4.69) is 5.10 Å². The zero-order chi connectivity index (χ0) is 10.0. The fraction of sp³-hybridized carbons (Fsp3) is 0.500. The van der Waals surface area contributed by atoms with Crippen molar-refractivity contribution in [1.29, 1.82) is 0 Å². The maximum atomic E-state index is 5.47. The van der Waals surface area contributed by atoms with E-state index in [1.54, 1.807) is 11.8 Å². The van der Waals surface area contributed by atoms with Gasteiger partial charge in [-0.25, -0.2) is 4.68 Å². The minimum absolute atomic E-state index is 0.453. The van der Waals surface area contributed by atoms with Crippen LogP contribution in [-0.2, 0) is 13.5 Å². The number of ether oxygens (including phenoxy) is 1. The van der Waals surface area contributed by atoms with Crippen LogP contribution in [0.2, 0.25) is 0 Å². The molecule has 0 fully saturated rings. The van der Waals surface area contributed by atoms with E-state index in [0.717, 1.165) is 17.1 Å². The summed E-state index contributed by atoms with van der Waals surface area (Å²) in [6.45, 7) is 1.91. The van der Waals surface area contributed by atoms with Crippen LogP contribution >= 0.6 is 12.2 Å². The molecule has 0 bridgehead atoms. The Hall–Kier alpha value is -1.10. The summed E-state index contributed by atoms with van der Waals surface area (Å²) in [6, 6.07) is 0. The van der Waals surface area contributed by atoms with Gasteiger partial charge in [0, 0.05) is 19.0 Å². The molecular weight excluding hydrogens is 186 g/mol. The van der Waals surface area contributed by atoms with E-state index in [1.807, 2.05) is 14.0 Å². The fourth-order valence-corrected chi connectivity index (χ4v) is 1.46. The van der Waals surface area contributed by atoms with E-state index in [4.69, 9.17) is 22.7 Å². The first-order valence-electron chi connectivity index (χ1n) is 3.91. The van der Waals surface area contributed by atoms with Gasteiger partial charge in [-0.05, 0) is 6.92 Å². The Morgan fingerprint density at radius 1 is 1.69 bits per heavy atom. The molecule has 0 saturated carbocycles. The molecule has 1 aromatic heterocycles. The summed E-state index contributed by atoms with van der Waals surface area (Å²) in [5.74, 6) is 0.727. The summed E-state index contributed by atoms with van der Waals surface area (Å²) in [4.78, 5) is 0.453. The van der Waals surface area contributed by atoms with E-state index in [0.29, 0.717) is 11.4 Å². The third kappa shape index (κ3) is 1.98. The van der Waals surface area contributed by atoms with Crippen molar-refractivity contribution in [2.24, 2.45) is 12.8 Å². The lowest BCUT2D eigenvalue weighted by Gasteiger charge is -2.03. The molecule has 0 radical (unpaired) electrons. The van der Waals surface area contributed by atoms with Gasteiger partial charge in [0.25, 0.3) is 0 Å². The summed E-state index contributed by atoms with van der Waals surface area (Å²) in [7, 11) is 3.44. The van der Waals surface area contributed by atoms with Crippen LogP contribution in [0.4, 0.5) is 0 Å². The first kappa shape index (κ1) is 9.98. The number of rotatable bonds is 3. The molecule has 0 saturated heterocycles. The van der Waals surface area contributed by atoms with Crippen LogP contribution in [0.1, 0.15) is 11.3 Å². The smallest absolute Gasteiger partial charge is 0.215 e. The third-order valence-electron chi connectivity index (χ3n) is 1.83. The normalized spacial score (nSPS) is 10.1. The molecule has 0 aliphatic rings. The Kier molecular flexibility index (Phi) is 2.87. The van der Waals surface area contributed by atoms with E-state index in [1.165, 1.54) is 0 Å². The predicted octanol–water partition coefficient (Wildman–Crippen LogP) is 0.566. The molecule has 0 aliphatic heterocycles. The molecule has 5 heteroatoms. The lowest BCUT2D eigenvalue weighted by molar-refractivity contribution is 0.370. The summed E-state index contributed by atoms with van der Waals surface area (Å²) in [5.41, 5.74) is 7.34. The van der Waals surface area contributed by atoms with Gasteiger partial charge in [-0.1, -0.05) is 12.2 Å². The number of hydrogen-bond donors (Lipinski definition) is 1. The Morgan fingerprint density at radius 3 is 2.77 bits per heavy atom. The van der Waals surface area contributed by atoms with Crippen LogP contribution in [0, 0.1) is 6.92 Å². The zero-order valence-corrected chi connectivity index (χ0v) is 8.81. The molecule has 0 aliphatic carbocycles. The standard InChI is InChI=1S/C8H13N3OS/c1-5-6(4-7(9)13)8(12-3)11(2)10-5/h4H2,1-3H3,(H2,9,13). The second kappa shape index (κ2) is 3.74. The number of thiocarbonyl (C=S) groups is 1. The molecule has 2 N–H and O–H groups in total.